The van der Waals surface area contributed by atoms with Crippen LogP contribution in [0, 0.1) is 11.3 Å². The number of piperidine rings is 1. The van der Waals surface area contributed by atoms with E-state index in [4.69, 9.17) is 14.7 Å². The Morgan fingerprint density at radius 2 is 2.04 bits per heavy atom. The quantitative estimate of drug-likeness (QED) is 0.918. The van der Waals surface area contributed by atoms with Crippen LogP contribution in [0.3, 0.4) is 0 Å². The van der Waals surface area contributed by atoms with E-state index < -0.39 is 5.79 Å². The molecule has 1 saturated heterocycles. The molecule has 0 radical (unpaired) electrons. The van der Waals surface area contributed by atoms with Gasteiger partial charge in [0.25, 0.3) is 5.79 Å². The van der Waals surface area contributed by atoms with Crippen molar-refractivity contribution in [2.24, 2.45) is 0 Å². The largest absolute Gasteiger partial charge is 0.443 e. The van der Waals surface area contributed by atoms with Crippen LogP contribution in [0.25, 0.3) is 0 Å². The van der Waals surface area contributed by atoms with Crippen molar-refractivity contribution >= 4 is 0 Å². The smallest absolute Gasteiger partial charge is 0.292 e. The molecule has 134 valence electrons. The maximum absolute atomic E-state index is 8.96. The zero-order valence-electron chi connectivity index (χ0n) is 15.0. The van der Waals surface area contributed by atoms with Gasteiger partial charge in [-0.25, -0.2) is 5.01 Å². The molecule has 0 spiro atoms. The Balaban J connectivity index is 1.60. The fraction of sp³-hybridized carbons (Fsp3) is 0.400. The van der Waals surface area contributed by atoms with Gasteiger partial charge in [-0.05, 0) is 44.0 Å². The second-order valence-electron chi connectivity index (χ2n) is 6.85. The van der Waals surface area contributed by atoms with Gasteiger partial charge in [0.05, 0.1) is 5.56 Å². The van der Waals surface area contributed by atoms with Gasteiger partial charge in [0.1, 0.15) is 11.8 Å². The number of nitrogens with one attached hydrogen (secondary N) is 1. The molecule has 1 aromatic carbocycles. The second kappa shape index (κ2) is 6.60. The minimum Gasteiger partial charge on any atom is -0.443 e. The first-order valence-corrected chi connectivity index (χ1v) is 8.93. The van der Waals surface area contributed by atoms with E-state index in [2.05, 4.69) is 27.6 Å². The molecular formula is C20H22N4O2. The molecule has 0 saturated carbocycles. The lowest BCUT2D eigenvalue weighted by Gasteiger charge is -2.31. The highest BCUT2D eigenvalue weighted by atomic mass is 16.7. The summed E-state index contributed by atoms with van der Waals surface area (Å²) >= 11 is 0. The molecule has 2 aliphatic rings. The van der Waals surface area contributed by atoms with Gasteiger partial charge in [-0.3, -0.25) is 10.4 Å². The van der Waals surface area contributed by atoms with E-state index in [9.17, 15) is 0 Å². The molecule has 0 amide bonds. The third-order valence-corrected chi connectivity index (χ3v) is 5.22. The van der Waals surface area contributed by atoms with Crippen LogP contribution < -0.4 is 14.9 Å². The first kappa shape index (κ1) is 16.8. The Labute approximate surface area is 153 Å². The third-order valence-electron chi connectivity index (χ3n) is 5.22. The number of hydrogen-bond donors (Lipinski definition) is 1. The highest BCUT2D eigenvalue weighted by Gasteiger charge is 2.42. The maximum atomic E-state index is 8.96. The van der Waals surface area contributed by atoms with Crippen LogP contribution in [0.2, 0.25) is 0 Å². The average molecular weight is 350 g/mol. The van der Waals surface area contributed by atoms with Crippen molar-refractivity contribution in [3.05, 3.63) is 53.3 Å². The van der Waals surface area contributed by atoms with Crippen molar-refractivity contribution in [3.8, 4) is 17.6 Å². The number of aromatic nitrogens is 1. The predicted octanol–water partition coefficient (Wildman–Crippen LogP) is 2.91. The van der Waals surface area contributed by atoms with Crippen molar-refractivity contribution in [3.63, 3.8) is 0 Å². The fourth-order valence-electron chi connectivity index (χ4n) is 3.72. The number of fused-ring (bicyclic) bond motifs is 1. The predicted molar refractivity (Wildman–Crippen MR) is 96.6 cm³/mol. The lowest BCUT2D eigenvalue weighted by Crippen LogP contribution is -2.41. The number of nitriles is 1. The second-order valence-corrected chi connectivity index (χ2v) is 6.85. The van der Waals surface area contributed by atoms with Gasteiger partial charge in [-0.1, -0.05) is 12.1 Å². The first-order chi connectivity index (χ1) is 12.6. The van der Waals surface area contributed by atoms with Crippen molar-refractivity contribution in [2.75, 3.05) is 20.1 Å². The minimum atomic E-state index is -0.974. The number of benzene rings is 1. The van der Waals surface area contributed by atoms with Crippen LogP contribution in [-0.4, -0.2) is 30.1 Å². The molecule has 2 aliphatic heterocycles. The highest BCUT2D eigenvalue weighted by Crippen LogP contribution is 2.48. The van der Waals surface area contributed by atoms with E-state index in [-0.39, 0.29) is 0 Å². The summed E-state index contributed by atoms with van der Waals surface area (Å²) in [4.78, 5) is 4.36. The molecule has 1 fully saturated rings. The molecule has 1 atom stereocenters. The summed E-state index contributed by atoms with van der Waals surface area (Å²) < 4.78 is 12.4. The SMILES string of the molecule is CNN1CCC(c2cccc3c2O[C@@](C)(c2ccc(C#N)cn2)O3)CC1. The fourth-order valence-corrected chi connectivity index (χ4v) is 3.72. The number of ether oxygens (including phenoxy) is 2. The van der Waals surface area contributed by atoms with Crippen LogP contribution in [0.1, 0.15) is 42.5 Å². The lowest BCUT2D eigenvalue weighted by molar-refractivity contribution is -0.0722. The molecule has 4 rings (SSSR count). The van der Waals surface area contributed by atoms with Crippen LogP contribution in [0.15, 0.2) is 36.5 Å². The summed E-state index contributed by atoms with van der Waals surface area (Å²) in [7, 11) is 1.97. The molecule has 0 aliphatic carbocycles. The van der Waals surface area contributed by atoms with Crippen LogP contribution >= 0.6 is 0 Å². The number of pyridine rings is 1. The van der Waals surface area contributed by atoms with Gasteiger partial charge in [0.15, 0.2) is 11.5 Å². The van der Waals surface area contributed by atoms with E-state index >= 15 is 0 Å². The Morgan fingerprint density at radius 1 is 1.23 bits per heavy atom. The summed E-state index contributed by atoms with van der Waals surface area (Å²) in [5.74, 6) is 1.06. The summed E-state index contributed by atoms with van der Waals surface area (Å²) in [6, 6.07) is 11.7. The van der Waals surface area contributed by atoms with Gasteiger partial charge in [0, 0.05) is 31.8 Å². The minimum absolute atomic E-state index is 0.453. The van der Waals surface area contributed by atoms with Crippen LogP contribution in [-0.2, 0) is 5.79 Å². The maximum Gasteiger partial charge on any atom is 0.292 e. The topological polar surface area (TPSA) is 70.4 Å². The molecular weight excluding hydrogens is 328 g/mol. The van der Waals surface area contributed by atoms with Gasteiger partial charge >= 0.3 is 0 Å². The number of para-hydroxylation sites is 1. The summed E-state index contributed by atoms with van der Waals surface area (Å²) in [5.41, 5.74) is 5.60. The monoisotopic (exact) mass is 350 g/mol. The van der Waals surface area contributed by atoms with Crippen molar-refractivity contribution in [1.82, 2.24) is 15.4 Å². The Hall–Kier alpha value is -2.62. The number of hydrazine groups is 1. The molecule has 0 bridgehead atoms. The van der Waals surface area contributed by atoms with Crippen LogP contribution in [0.4, 0.5) is 0 Å². The molecule has 2 aromatic rings. The van der Waals surface area contributed by atoms with Crippen LogP contribution in [0.5, 0.6) is 11.5 Å². The van der Waals surface area contributed by atoms with Gasteiger partial charge in [-0.15, -0.1) is 0 Å². The highest BCUT2D eigenvalue weighted by molar-refractivity contribution is 5.51. The molecule has 26 heavy (non-hydrogen) atoms. The zero-order chi connectivity index (χ0) is 18.1. The zero-order valence-corrected chi connectivity index (χ0v) is 15.0. The third kappa shape index (κ3) is 2.90. The normalized spacial score (nSPS) is 23.0. The Bertz CT molecular complexity index is 838. The van der Waals surface area contributed by atoms with E-state index in [1.165, 1.54) is 5.56 Å². The van der Waals surface area contributed by atoms with E-state index in [0.29, 0.717) is 17.2 Å². The number of hydrogen-bond acceptors (Lipinski definition) is 6. The molecule has 0 unspecified atom stereocenters. The molecule has 6 nitrogen and oxygen atoms in total. The van der Waals surface area contributed by atoms with Crippen molar-refractivity contribution in [1.29, 1.82) is 5.26 Å². The number of rotatable bonds is 3. The summed E-state index contributed by atoms with van der Waals surface area (Å²) in [6.07, 6.45) is 3.70. The number of nitrogens with zero attached hydrogens (tertiary/aromatic N) is 3. The summed E-state index contributed by atoms with van der Waals surface area (Å²) in [6.45, 7) is 3.90. The Morgan fingerprint density at radius 3 is 2.69 bits per heavy atom. The molecule has 1 N–H and O–H groups in total. The van der Waals surface area contributed by atoms with E-state index in [0.717, 1.165) is 37.4 Å². The summed E-state index contributed by atoms with van der Waals surface area (Å²) in [5, 5.41) is 11.2. The van der Waals surface area contributed by atoms with Gasteiger partial charge in [0.2, 0.25) is 0 Å². The standard InChI is InChI=1S/C20H22N4O2/c1-20(18-7-6-14(12-21)13-23-18)25-17-5-3-4-16(19(17)26-20)15-8-10-24(22-2)11-9-15/h3-7,13,15,22H,8-11H2,1-2H3/t20-/m0/s1. The van der Waals surface area contributed by atoms with Gasteiger partial charge in [-0.2, -0.15) is 5.26 Å². The molecule has 3 heterocycles. The lowest BCUT2D eigenvalue weighted by atomic mass is 9.89. The Kier molecular flexibility index (Phi) is 4.27. The van der Waals surface area contributed by atoms with Crippen molar-refractivity contribution < 1.29 is 9.47 Å². The molecule has 1 aromatic heterocycles. The van der Waals surface area contributed by atoms with E-state index in [1.54, 1.807) is 18.3 Å². The molecule has 6 heteroatoms. The van der Waals surface area contributed by atoms with Crippen molar-refractivity contribution in [2.45, 2.75) is 31.5 Å². The first-order valence-electron chi connectivity index (χ1n) is 8.93. The van der Waals surface area contributed by atoms with E-state index in [1.807, 2.05) is 26.1 Å². The van der Waals surface area contributed by atoms with Gasteiger partial charge < -0.3 is 9.47 Å². The average Bonchev–Trinajstić information content (AvgIpc) is 3.05.